The van der Waals surface area contributed by atoms with Gasteiger partial charge in [-0.25, -0.2) is 4.98 Å². The van der Waals surface area contributed by atoms with Crippen LogP contribution in [0.15, 0.2) is 30.3 Å². The van der Waals surface area contributed by atoms with E-state index in [1.807, 2.05) is 30.0 Å². The van der Waals surface area contributed by atoms with Gasteiger partial charge in [-0.3, -0.25) is 9.89 Å². The number of aromatic nitrogens is 3. The molecule has 29 heavy (non-hydrogen) atoms. The van der Waals surface area contributed by atoms with E-state index in [1.165, 1.54) is 0 Å². The first-order chi connectivity index (χ1) is 14.1. The third-order valence-corrected chi connectivity index (χ3v) is 6.34. The van der Waals surface area contributed by atoms with Crippen LogP contribution in [0.4, 0.5) is 0 Å². The summed E-state index contributed by atoms with van der Waals surface area (Å²) in [4.78, 5) is 20.1. The molecule has 3 aromatic rings. The number of benzene rings is 1. The molecule has 0 atom stereocenters. The predicted octanol–water partition coefficient (Wildman–Crippen LogP) is 2.72. The number of H-pyrrole nitrogens is 1. The number of amides is 1. The van der Waals surface area contributed by atoms with Crippen molar-refractivity contribution in [3.63, 3.8) is 0 Å². The van der Waals surface area contributed by atoms with E-state index in [0.717, 1.165) is 62.1 Å². The van der Waals surface area contributed by atoms with Gasteiger partial charge >= 0.3 is 0 Å². The van der Waals surface area contributed by atoms with Crippen LogP contribution in [0.25, 0.3) is 22.3 Å². The second-order valence-electron chi connectivity index (χ2n) is 8.26. The summed E-state index contributed by atoms with van der Waals surface area (Å²) in [6, 6.07) is 8.75. The Morgan fingerprint density at radius 3 is 2.62 bits per heavy atom. The molecule has 3 N–H and O–H groups in total. The molecule has 1 spiro atoms. The van der Waals surface area contributed by atoms with Crippen LogP contribution in [0.1, 0.15) is 35.8 Å². The Bertz CT molecular complexity index is 1060. The number of piperidine rings is 1. The van der Waals surface area contributed by atoms with Crippen LogP contribution in [0, 0.1) is 5.41 Å². The Labute approximate surface area is 169 Å². The fourth-order valence-electron chi connectivity index (χ4n) is 4.65. The van der Waals surface area contributed by atoms with Crippen molar-refractivity contribution in [2.75, 3.05) is 26.2 Å². The average molecular weight is 391 g/mol. The van der Waals surface area contributed by atoms with Gasteiger partial charge in [-0.15, -0.1) is 0 Å². The minimum Gasteiger partial charge on any atom is -0.508 e. The van der Waals surface area contributed by atoms with E-state index in [9.17, 15) is 9.90 Å². The summed E-state index contributed by atoms with van der Waals surface area (Å²) in [6.07, 6.45) is 3.00. The molecular weight excluding hydrogens is 366 g/mol. The van der Waals surface area contributed by atoms with Gasteiger partial charge < -0.3 is 15.3 Å². The van der Waals surface area contributed by atoms with E-state index < -0.39 is 0 Å². The number of nitrogens with one attached hydrogen (secondary N) is 2. The number of phenolic OH excluding ortho intramolecular Hbond substituents is 1. The number of aromatic hydroxyl groups is 1. The van der Waals surface area contributed by atoms with Gasteiger partial charge in [0.05, 0.1) is 22.3 Å². The number of carbonyl (C=O) groups is 1. The lowest BCUT2D eigenvalue weighted by Crippen LogP contribution is -2.61. The number of hydrogen-bond donors (Lipinski definition) is 3. The molecule has 7 nitrogen and oxygen atoms in total. The first-order valence-electron chi connectivity index (χ1n) is 10.3. The molecule has 0 aliphatic carbocycles. The number of carbonyl (C=O) groups excluding carboxylic acids is 1. The van der Waals surface area contributed by atoms with Crippen molar-refractivity contribution in [1.29, 1.82) is 0 Å². The van der Waals surface area contributed by atoms with Gasteiger partial charge in [-0.2, -0.15) is 5.10 Å². The maximum absolute atomic E-state index is 13.5. The zero-order valence-electron chi connectivity index (χ0n) is 16.5. The molecule has 2 saturated heterocycles. The lowest BCUT2D eigenvalue weighted by molar-refractivity contribution is -0.0112. The molecule has 5 rings (SSSR count). The Kier molecular flexibility index (Phi) is 4.28. The fourth-order valence-corrected chi connectivity index (χ4v) is 4.65. The number of hydrogen-bond acceptors (Lipinski definition) is 5. The highest BCUT2D eigenvalue weighted by Crippen LogP contribution is 2.40. The van der Waals surface area contributed by atoms with Gasteiger partial charge in [-0.1, -0.05) is 6.92 Å². The number of pyridine rings is 1. The molecule has 0 unspecified atom stereocenters. The summed E-state index contributed by atoms with van der Waals surface area (Å²) in [5.41, 5.74) is 4.00. The monoisotopic (exact) mass is 391 g/mol. The van der Waals surface area contributed by atoms with Crippen LogP contribution < -0.4 is 5.32 Å². The highest BCUT2D eigenvalue weighted by Gasteiger charge is 2.45. The molecule has 0 radical (unpaired) electrons. The number of rotatable bonds is 3. The van der Waals surface area contributed by atoms with Crippen molar-refractivity contribution in [2.45, 2.75) is 26.2 Å². The Hall–Kier alpha value is -2.93. The zero-order valence-corrected chi connectivity index (χ0v) is 16.5. The third kappa shape index (κ3) is 3.06. The lowest BCUT2D eigenvalue weighted by atomic mass is 9.72. The van der Waals surface area contributed by atoms with Crippen LogP contribution in [-0.2, 0) is 6.42 Å². The molecule has 2 aliphatic heterocycles. The minimum atomic E-state index is 0.0534. The van der Waals surface area contributed by atoms with Crippen LogP contribution in [0.2, 0.25) is 0 Å². The molecule has 2 aliphatic rings. The summed E-state index contributed by atoms with van der Waals surface area (Å²) >= 11 is 0. The van der Waals surface area contributed by atoms with E-state index in [0.29, 0.717) is 16.9 Å². The van der Waals surface area contributed by atoms with Crippen molar-refractivity contribution in [2.24, 2.45) is 5.41 Å². The average Bonchev–Trinajstić information content (AvgIpc) is 3.15. The van der Waals surface area contributed by atoms with Crippen LogP contribution in [-0.4, -0.2) is 57.3 Å². The molecule has 150 valence electrons. The summed E-state index contributed by atoms with van der Waals surface area (Å²) in [5, 5.41) is 21.2. The standard InChI is InChI=1S/C22H25N5O2/c1-2-17-19-16(21(29)27-12-22(13-27)7-9-23-10-8-22)11-18(24-20(19)26-25-17)14-3-5-15(28)6-4-14/h3-6,11,23,28H,2,7-10,12-13H2,1H3,(H,24,25,26). The quantitative estimate of drug-likeness (QED) is 0.638. The summed E-state index contributed by atoms with van der Waals surface area (Å²) in [6.45, 7) is 5.75. The molecule has 7 heteroatoms. The van der Waals surface area contributed by atoms with Gasteiger partial charge in [0, 0.05) is 24.1 Å². The Morgan fingerprint density at radius 2 is 1.93 bits per heavy atom. The first-order valence-corrected chi connectivity index (χ1v) is 10.3. The maximum atomic E-state index is 13.5. The highest BCUT2D eigenvalue weighted by atomic mass is 16.3. The minimum absolute atomic E-state index is 0.0534. The van der Waals surface area contributed by atoms with Crippen molar-refractivity contribution in [3.8, 4) is 17.0 Å². The maximum Gasteiger partial charge on any atom is 0.254 e. The van der Waals surface area contributed by atoms with E-state index in [4.69, 9.17) is 4.98 Å². The smallest absolute Gasteiger partial charge is 0.254 e. The van der Waals surface area contributed by atoms with Crippen molar-refractivity contribution < 1.29 is 9.90 Å². The van der Waals surface area contributed by atoms with Crippen molar-refractivity contribution >= 4 is 16.9 Å². The van der Waals surface area contributed by atoms with Gasteiger partial charge in [-0.05, 0) is 62.7 Å². The van der Waals surface area contributed by atoms with E-state index in [-0.39, 0.29) is 17.1 Å². The van der Waals surface area contributed by atoms with Gasteiger partial charge in [0.25, 0.3) is 5.91 Å². The SMILES string of the molecule is CCc1n[nH]c2nc(-c3ccc(O)cc3)cc(C(=O)N3CC4(CCNCC4)C3)c12. The van der Waals surface area contributed by atoms with Gasteiger partial charge in [0.15, 0.2) is 5.65 Å². The zero-order chi connectivity index (χ0) is 20.0. The van der Waals surface area contributed by atoms with Gasteiger partial charge in [0.1, 0.15) is 5.75 Å². The molecule has 4 heterocycles. The van der Waals surface area contributed by atoms with E-state index in [1.54, 1.807) is 12.1 Å². The topological polar surface area (TPSA) is 94.1 Å². The molecule has 0 saturated carbocycles. The summed E-state index contributed by atoms with van der Waals surface area (Å²) in [7, 11) is 0. The Morgan fingerprint density at radius 1 is 1.21 bits per heavy atom. The summed E-state index contributed by atoms with van der Waals surface area (Å²) < 4.78 is 0. The second-order valence-corrected chi connectivity index (χ2v) is 8.26. The Balaban J connectivity index is 1.53. The second kappa shape index (κ2) is 6.84. The summed E-state index contributed by atoms with van der Waals surface area (Å²) in [5.74, 6) is 0.256. The van der Waals surface area contributed by atoms with E-state index in [2.05, 4.69) is 15.5 Å². The number of aryl methyl sites for hydroxylation is 1. The fraction of sp³-hybridized carbons (Fsp3) is 0.409. The van der Waals surface area contributed by atoms with Crippen LogP contribution in [0.5, 0.6) is 5.75 Å². The highest BCUT2D eigenvalue weighted by molar-refractivity contribution is 6.07. The number of nitrogens with zero attached hydrogens (tertiary/aromatic N) is 3. The molecule has 1 amide bonds. The molecule has 2 fully saturated rings. The van der Waals surface area contributed by atoms with Crippen molar-refractivity contribution in [3.05, 3.63) is 41.6 Å². The number of likely N-dealkylation sites (tertiary alicyclic amines) is 1. The van der Waals surface area contributed by atoms with Crippen molar-refractivity contribution in [1.82, 2.24) is 25.4 Å². The normalized spacial score (nSPS) is 18.2. The van der Waals surface area contributed by atoms with Crippen LogP contribution >= 0.6 is 0 Å². The largest absolute Gasteiger partial charge is 0.508 e. The number of phenols is 1. The number of aromatic amines is 1. The molecule has 0 bridgehead atoms. The first kappa shape index (κ1) is 18.1. The number of fused-ring (bicyclic) bond motifs is 1. The molecular formula is C22H25N5O2. The van der Waals surface area contributed by atoms with Crippen LogP contribution in [0.3, 0.4) is 0 Å². The predicted molar refractivity (Wildman–Crippen MR) is 111 cm³/mol. The molecule has 1 aromatic carbocycles. The van der Waals surface area contributed by atoms with E-state index >= 15 is 0 Å². The molecule has 2 aromatic heterocycles. The van der Waals surface area contributed by atoms with Gasteiger partial charge in [0.2, 0.25) is 0 Å². The lowest BCUT2D eigenvalue weighted by Gasteiger charge is -2.52. The third-order valence-electron chi connectivity index (χ3n) is 6.34.